The zero-order valence-corrected chi connectivity index (χ0v) is 12.9. The lowest BCUT2D eigenvalue weighted by molar-refractivity contribution is -0.343. The summed E-state index contributed by atoms with van der Waals surface area (Å²) in [7, 11) is 0. The van der Waals surface area contributed by atoms with Gasteiger partial charge < -0.3 is 14.6 Å². The highest BCUT2D eigenvalue weighted by atomic mass is 19.3. The number of hydrogen-bond donors (Lipinski definition) is 1. The molecule has 6 nitrogen and oxygen atoms in total. The van der Waals surface area contributed by atoms with Gasteiger partial charge in [0, 0.05) is 11.3 Å². The third-order valence-corrected chi connectivity index (χ3v) is 3.92. The minimum atomic E-state index is -4.21. The maximum atomic E-state index is 13.1. The summed E-state index contributed by atoms with van der Waals surface area (Å²) >= 11 is 0. The maximum absolute atomic E-state index is 13.1. The van der Waals surface area contributed by atoms with Gasteiger partial charge in [0.25, 0.3) is 5.89 Å². The Balaban J connectivity index is 1.67. The van der Waals surface area contributed by atoms with Crippen molar-refractivity contribution in [2.24, 2.45) is 0 Å². The van der Waals surface area contributed by atoms with Crippen molar-refractivity contribution in [2.45, 2.75) is 37.9 Å². The van der Waals surface area contributed by atoms with Gasteiger partial charge in [-0.2, -0.15) is 22.5 Å². The van der Waals surface area contributed by atoms with Crippen LogP contribution in [0.15, 0.2) is 22.7 Å². The van der Waals surface area contributed by atoms with Gasteiger partial charge in [-0.3, -0.25) is 4.79 Å². The number of nitrogens with zero attached hydrogens (tertiary/aromatic N) is 2. The monoisotopic (exact) mass is 359 g/mol. The lowest BCUT2D eigenvalue weighted by atomic mass is 9.85. The minimum Gasteiger partial charge on any atom is -0.362 e. The van der Waals surface area contributed by atoms with Gasteiger partial charge in [0.15, 0.2) is 0 Å². The zero-order chi connectivity index (χ0) is 18.2. The molecule has 2 aromatic rings. The quantitative estimate of drug-likeness (QED) is 0.633. The Morgan fingerprint density at radius 1 is 1.40 bits per heavy atom. The van der Waals surface area contributed by atoms with E-state index >= 15 is 0 Å². The van der Waals surface area contributed by atoms with Crippen molar-refractivity contribution in [3.8, 4) is 11.4 Å². The van der Waals surface area contributed by atoms with E-state index in [1.807, 2.05) is 0 Å². The highest BCUT2D eigenvalue weighted by molar-refractivity contribution is 5.76. The smallest absolute Gasteiger partial charge is 0.335 e. The Bertz CT molecular complexity index is 794. The van der Waals surface area contributed by atoms with E-state index in [2.05, 4.69) is 15.5 Å². The number of benzene rings is 1. The predicted octanol–water partition coefficient (Wildman–Crippen LogP) is 3.17. The van der Waals surface area contributed by atoms with E-state index in [4.69, 9.17) is 9.26 Å². The number of rotatable bonds is 6. The molecule has 1 unspecified atom stereocenters. The summed E-state index contributed by atoms with van der Waals surface area (Å²) in [5, 5.41) is 6.21. The van der Waals surface area contributed by atoms with Crippen LogP contribution in [0.5, 0.6) is 0 Å². The molecule has 134 valence electrons. The average molecular weight is 359 g/mol. The Morgan fingerprint density at radius 3 is 2.80 bits per heavy atom. The number of carbonyl (C=O) groups is 1. The summed E-state index contributed by atoms with van der Waals surface area (Å²) in [6.07, 6.45) is -2.42. The number of anilines is 1. The summed E-state index contributed by atoms with van der Waals surface area (Å²) in [6.45, 7) is 1.29. The fourth-order valence-electron chi connectivity index (χ4n) is 2.35. The van der Waals surface area contributed by atoms with Crippen LogP contribution in [-0.2, 0) is 16.1 Å². The molecule has 1 fully saturated rings. The Labute approximate surface area is 139 Å². The fraction of sp³-hybridized carbons (Fsp3) is 0.400. The lowest BCUT2D eigenvalue weighted by Crippen LogP contribution is -2.63. The van der Waals surface area contributed by atoms with E-state index in [-0.39, 0.29) is 11.7 Å². The van der Waals surface area contributed by atoms with E-state index in [9.17, 15) is 22.4 Å². The van der Waals surface area contributed by atoms with Gasteiger partial charge in [0.2, 0.25) is 12.2 Å². The maximum Gasteiger partial charge on any atom is 0.335 e. The van der Waals surface area contributed by atoms with Gasteiger partial charge in [-0.15, -0.1) is 0 Å². The van der Waals surface area contributed by atoms with Gasteiger partial charge in [-0.25, -0.2) is 0 Å². The number of ether oxygens (including phenoxy) is 1. The second-order valence-corrected chi connectivity index (χ2v) is 5.63. The molecule has 1 amide bonds. The third-order valence-electron chi connectivity index (χ3n) is 3.92. The van der Waals surface area contributed by atoms with Crippen molar-refractivity contribution in [3.05, 3.63) is 29.7 Å². The number of halogens is 4. The van der Waals surface area contributed by atoms with Crippen LogP contribution in [0.1, 0.15) is 17.9 Å². The summed E-state index contributed by atoms with van der Waals surface area (Å²) in [5.74, 6) is -8.23. The summed E-state index contributed by atoms with van der Waals surface area (Å²) in [5.41, 5.74) is 1.88. The van der Waals surface area contributed by atoms with Crippen molar-refractivity contribution in [1.82, 2.24) is 10.1 Å². The van der Waals surface area contributed by atoms with Crippen molar-refractivity contribution < 1.29 is 31.6 Å². The highest BCUT2D eigenvalue weighted by Gasteiger charge is 2.72. The molecule has 1 N–H and O–H groups in total. The lowest BCUT2D eigenvalue weighted by Gasteiger charge is -2.42. The molecule has 10 heteroatoms. The van der Waals surface area contributed by atoms with Crippen LogP contribution in [0.4, 0.5) is 23.2 Å². The van der Waals surface area contributed by atoms with Crippen LogP contribution in [0.25, 0.3) is 11.4 Å². The second-order valence-electron chi connectivity index (χ2n) is 5.63. The van der Waals surface area contributed by atoms with Crippen LogP contribution in [0.3, 0.4) is 0 Å². The number of aromatic nitrogens is 2. The van der Waals surface area contributed by atoms with E-state index < -0.39 is 31.0 Å². The third kappa shape index (κ3) is 3.09. The molecular weight excluding hydrogens is 346 g/mol. The molecule has 1 aromatic heterocycles. The van der Waals surface area contributed by atoms with E-state index in [1.165, 1.54) is 0 Å². The molecule has 1 aliphatic carbocycles. The number of alkyl halides is 4. The molecule has 1 heterocycles. The SMILES string of the molecule is Cc1ccc(-c2noc(COC3CC(F)(F)C3(F)F)n2)cc1NC=O. The van der Waals surface area contributed by atoms with Gasteiger partial charge >= 0.3 is 11.8 Å². The van der Waals surface area contributed by atoms with Gasteiger partial charge in [-0.1, -0.05) is 17.3 Å². The number of nitrogens with one attached hydrogen (secondary N) is 1. The van der Waals surface area contributed by atoms with Crippen molar-refractivity contribution in [1.29, 1.82) is 0 Å². The first-order valence-electron chi connectivity index (χ1n) is 7.25. The second kappa shape index (κ2) is 6.10. The molecule has 0 spiro atoms. The molecule has 0 aliphatic heterocycles. The van der Waals surface area contributed by atoms with Crippen LogP contribution in [0.2, 0.25) is 0 Å². The molecule has 3 rings (SSSR count). The Hall–Kier alpha value is -2.49. The standard InChI is InChI=1S/C15H13F4N3O3/c1-8-2-3-9(4-10(8)20-7-23)13-21-12(25-22-13)6-24-11-5-14(16,17)15(11,18)19/h2-4,7,11H,5-6H2,1H3,(H,20,23). The largest absolute Gasteiger partial charge is 0.362 e. The first-order valence-corrected chi connectivity index (χ1v) is 7.25. The van der Waals surface area contributed by atoms with E-state index in [0.29, 0.717) is 17.7 Å². The molecule has 1 saturated carbocycles. The highest BCUT2D eigenvalue weighted by Crippen LogP contribution is 2.52. The number of carbonyl (C=O) groups excluding carboxylic acids is 1. The van der Waals surface area contributed by atoms with Crippen LogP contribution in [-0.4, -0.2) is 34.5 Å². The van der Waals surface area contributed by atoms with Crippen molar-refractivity contribution in [2.75, 3.05) is 5.32 Å². The fourth-order valence-corrected chi connectivity index (χ4v) is 2.35. The van der Waals surface area contributed by atoms with E-state index in [0.717, 1.165) is 5.56 Å². The van der Waals surface area contributed by atoms with Crippen LogP contribution in [0, 0.1) is 6.92 Å². The number of aryl methyl sites for hydroxylation is 1. The number of hydrogen-bond acceptors (Lipinski definition) is 5. The van der Waals surface area contributed by atoms with Gasteiger partial charge in [-0.05, 0) is 18.6 Å². The molecule has 0 saturated heterocycles. The van der Waals surface area contributed by atoms with Crippen molar-refractivity contribution in [3.63, 3.8) is 0 Å². The molecule has 1 aliphatic rings. The normalized spacial score (nSPS) is 20.8. The molecule has 1 atom stereocenters. The summed E-state index contributed by atoms with van der Waals surface area (Å²) < 4.78 is 61.4. The topological polar surface area (TPSA) is 77.2 Å². The molecule has 0 radical (unpaired) electrons. The Kier molecular flexibility index (Phi) is 4.23. The average Bonchev–Trinajstić information content (AvgIpc) is 3.02. The molecular formula is C15H13F4N3O3. The first-order chi connectivity index (χ1) is 11.7. The Morgan fingerprint density at radius 2 is 2.16 bits per heavy atom. The first kappa shape index (κ1) is 17.3. The van der Waals surface area contributed by atoms with Crippen LogP contribution < -0.4 is 5.32 Å². The summed E-state index contributed by atoms with van der Waals surface area (Å²) in [4.78, 5) is 14.5. The van der Waals surface area contributed by atoms with Crippen LogP contribution >= 0.6 is 0 Å². The molecule has 1 aromatic carbocycles. The minimum absolute atomic E-state index is 0.119. The van der Waals surface area contributed by atoms with Gasteiger partial charge in [0.1, 0.15) is 12.7 Å². The van der Waals surface area contributed by atoms with Gasteiger partial charge in [0.05, 0.1) is 6.42 Å². The van der Waals surface area contributed by atoms with Crippen molar-refractivity contribution >= 4 is 12.1 Å². The zero-order valence-electron chi connectivity index (χ0n) is 12.9. The molecule has 25 heavy (non-hydrogen) atoms. The number of amides is 1. The molecule has 0 bridgehead atoms. The summed E-state index contributed by atoms with van der Waals surface area (Å²) in [6, 6.07) is 5.02. The van der Waals surface area contributed by atoms with E-state index in [1.54, 1.807) is 25.1 Å². The predicted molar refractivity (Wildman–Crippen MR) is 77.2 cm³/mol.